The molecule has 0 unspecified atom stereocenters. The van der Waals surface area contributed by atoms with Crippen LogP contribution in [0.4, 0.5) is 5.82 Å². The molecule has 0 aliphatic rings. The van der Waals surface area contributed by atoms with Gasteiger partial charge in [-0.15, -0.1) is 0 Å². The van der Waals surface area contributed by atoms with E-state index in [9.17, 15) is 5.26 Å². The molecule has 0 fully saturated rings. The monoisotopic (exact) mass is 296 g/mol. The van der Waals surface area contributed by atoms with Crippen molar-refractivity contribution >= 4 is 5.82 Å². The molecule has 0 bridgehead atoms. The van der Waals surface area contributed by atoms with Crippen molar-refractivity contribution in [3.05, 3.63) is 41.1 Å². The first-order chi connectivity index (χ1) is 10.5. The van der Waals surface area contributed by atoms with E-state index in [1.807, 2.05) is 31.2 Å². The lowest BCUT2D eigenvalue weighted by atomic mass is 9.89. The fourth-order valence-electron chi connectivity index (χ4n) is 2.67. The highest BCUT2D eigenvalue weighted by atomic mass is 16.5. The maximum atomic E-state index is 9.54. The number of nitrogens with two attached hydrogens (primary N) is 1. The summed E-state index contributed by atoms with van der Waals surface area (Å²) in [6, 6.07) is 9.99. The number of aromatic nitrogens is 1. The number of ether oxygens (including phenoxy) is 1. The summed E-state index contributed by atoms with van der Waals surface area (Å²) in [5.74, 6) is 1.69. The van der Waals surface area contributed by atoms with E-state index in [0.717, 1.165) is 34.6 Å². The van der Waals surface area contributed by atoms with Gasteiger partial charge >= 0.3 is 0 Å². The van der Waals surface area contributed by atoms with Crippen LogP contribution in [0.25, 0.3) is 11.1 Å². The number of nitriles is 1. The zero-order valence-electron chi connectivity index (χ0n) is 13.5. The lowest BCUT2D eigenvalue weighted by Crippen LogP contribution is -2.21. The minimum atomic E-state index is 0.415. The van der Waals surface area contributed by atoms with E-state index in [0.29, 0.717) is 17.3 Å². The van der Waals surface area contributed by atoms with Crippen molar-refractivity contribution in [1.29, 1.82) is 5.26 Å². The summed E-state index contributed by atoms with van der Waals surface area (Å²) in [5.41, 5.74) is 10.6. The van der Waals surface area contributed by atoms with Crippen LogP contribution in [0.15, 0.2) is 24.3 Å². The van der Waals surface area contributed by atoms with Gasteiger partial charge in [0.2, 0.25) is 0 Å². The van der Waals surface area contributed by atoms with Crippen LogP contribution in [0.3, 0.4) is 0 Å². The number of aromatic amines is 1. The van der Waals surface area contributed by atoms with Crippen molar-refractivity contribution < 1.29 is 9.72 Å². The van der Waals surface area contributed by atoms with E-state index < -0.39 is 0 Å². The number of rotatable bonds is 4. The summed E-state index contributed by atoms with van der Waals surface area (Å²) in [6.07, 6.45) is 0.888. The number of hydrogen-bond donors (Lipinski definition) is 1. The predicted octanol–water partition coefficient (Wildman–Crippen LogP) is 3.14. The van der Waals surface area contributed by atoms with Crippen LogP contribution in [0.2, 0.25) is 0 Å². The summed E-state index contributed by atoms with van der Waals surface area (Å²) in [6.45, 7) is 6.33. The average molecular weight is 296 g/mol. The lowest BCUT2D eigenvalue weighted by molar-refractivity contribution is -0.371. The first-order valence-corrected chi connectivity index (χ1v) is 7.36. The third kappa shape index (κ3) is 3.04. The molecule has 0 aliphatic heterocycles. The topological polar surface area (TPSA) is 73.2 Å². The van der Waals surface area contributed by atoms with E-state index in [1.165, 1.54) is 0 Å². The highest BCUT2D eigenvalue weighted by Crippen LogP contribution is 2.32. The van der Waals surface area contributed by atoms with Crippen molar-refractivity contribution in [2.75, 3.05) is 12.8 Å². The quantitative estimate of drug-likeness (QED) is 0.942. The second-order valence-corrected chi connectivity index (χ2v) is 5.83. The van der Waals surface area contributed by atoms with Crippen LogP contribution >= 0.6 is 0 Å². The SMILES string of the molecule is COc1ccc(-c2c(C#N)c(N)[nH+]c(C)c2CC(C)C)cc1. The molecule has 4 nitrogen and oxygen atoms in total. The number of nitrogen functional groups attached to an aromatic ring is 1. The van der Waals surface area contributed by atoms with Crippen LogP contribution in [0.5, 0.6) is 5.75 Å². The van der Waals surface area contributed by atoms with Gasteiger partial charge in [0.05, 0.1) is 7.11 Å². The predicted molar refractivity (Wildman–Crippen MR) is 87.4 cm³/mol. The van der Waals surface area contributed by atoms with E-state index in [-0.39, 0.29) is 0 Å². The molecular weight excluding hydrogens is 274 g/mol. The number of methoxy groups -OCH3 is 1. The Morgan fingerprint density at radius 1 is 1.27 bits per heavy atom. The Labute approximate surface area is 131 Å². The first-order valence-electron chi connectivity index (χ1n) is 7.36. The van der Waals surface area contributed by atoms with Gasteiger partial charge < -0.3 is 4.74 Å². The number of H-pyrrole nitrogens is 1. The summed E-state index contributed by atoms with van der Waals surface area (Å²) in [7, 11) is 1.64. The Kier molecular flexibility index (Phi) is 4.67. The number of nitrogens with zero attached hydrogens (tertiary/aromatic N) is 1. The summed E-state index contributed by atoms with van der Waals surface area (Å²) < 4.78 is 5.21. The van der Waals surface area contributed by atoms with E-state index in [4.69, 9.17) is 10.5 Å². The highest BCUT2D eigenvalue weighted by molar-refractivity contribution is 5.78. The third-order valence-corrected chi connectivity index (χ3v) is 3.70. The smallest absolute Gasteiger partial charge is 0.289 e. The number of benzene rings is 1. The summed E-state index contributed by atoms with van der Waals surface area (Å²) >= 11 is 0. The maximum absolute atomic E-state index is 9.54. The summed E-state index contributed by atoms with van der Waals surface area (Å²) in [5, 5.41) is 9.54. The number of pyridine rings is 1. The Hall–Kier alpha value is -2.54. The molecule has 4 heteroatoms. The minimum Gasteiger partial charge on any atom is -0.497 e. The van der Waals surface area contributed by atoms with E-state index in [2.05, 4.69) is 24.9 Å². The lowest BCUT2D eigenvalue weighted by Gasteiger charge is -2.15. The van der Waals surface area contributed by atoms with Crippen molar-refractivity contribution in [1.82, 2.24) is 0 Å². The third-order valence-electron chi connectivity index (χ3n) is 3.70. The molecule has 1 aromatic heterocycles. The molecule has 1 aromatic carbocycles. The number of aryl methyl sites for hydroxylation is 1. The Morgan fingerprint density at radius 2 is 1.91 bits per heavy atom. The van der Waals surface area contributed by atoms with Crippen molar-refractivity contribution in [3.8, 4) is 22.9 Å². The highest BCUT2D eigenvalue weighted by Gasteiger charge is 2.21. The van der Waals surface area contributed by atoms with Gasteiger partial charge in [-0.3, -0.25) is 5.73 Å². The van der Waals surface area contributed by atoms with Crippen LogP contribution in [-0.2, 0) is 6.42 Å². The van der Waals surface area contributed by atoms with Gasteiger partial charge in [0.15, 0.2) is 0 Å². The molecule has 2 rings (SSSR count). The fraction of sp³-hybridized carbons (Fsp3) is 0.333. The van der Waals surface area contributed by atoms with Gasteiger partial charge in [0, 0.05) is 11.1 Å². The molecule has 0 saturated heterocycles. The van der Waals surface area contributed by atoms with Crippen molar-refractivity contribution in [3.63, 3.8) is 0 Å². The molecule has 0 atom stereocenters. The molecule has 2 aromatic rings. The molecule has 114 valence electrons. The van der Waals surface area contributed by atoms with Gasteiger partial charge in [0.25, 0.3) is 5.82 Å². The molecular formula is C18H22N3O+. The Balaban J connectivity index is 2.71. The largest absolute Gasteiger partial charge is 0.497 e. The number of hydrogen-bond acceptors (Lipinski definition) is 3. The standard InChI is InChI=1S/C18H21N3O/c1-11(2)9-15-12(3)21-18(20)16(10-19)17(15)13-5-7-14(22-4)8-6-13/h5-8,11H,9H2,1-4H3,(H2,20,21)/p+1. The van der Waals surface area contributed by atoms with Gasteiger partial charge in [-0.2, -0.15) is 5.26 Å². The Bertz CT molecular complexity index is 713. The zero-order chi connectivity index (χ0) is 16.3. The molecule has 3 N–H and O–H groups in total. The number of nitrogens with one attached hydrogen (secondary N) is 1. The Morgan fingerprint density at radius 3 is 2.41 bits per heavy atom. The van der Waals surface area contributed by atoms with Gasteiger partial charge in [0.1, 0.15) is 23.1 Å². The fourth-order valence-corrected chi connectivity index (χ4v) is 2.67. The van der Waals surface area contributed by atoms with E-state index >= 15 is 0 Å². The second-order valence-electron chi connectivity index (χ2n) is 5.83. The number of anilines is 1. The van der Waals surface area contributed by atoms with Crippen LogP contribution in [0.1, 0.15) is 30.7 Å². The van der Waals surface area contributed by atoms with Crippen molar-refractivity contribution in [2.24, 2.45) is 5.92 Å². The van der Waals surface area contributed by atoms with Crippen molar-refractivity contribution in [2.45, 2.75) is 27.2 Å². The summed E-state index contributed by atoms with van der Waals surface area (Å²) in [4.78, 5) is 3.13. The molecule has 0 saturated carbocycles. The molecule has 22 heavy (non-hydrogen) atoms. The second kappa shape index (κ2) is 6.48. The molecule has 0 aliphatic carbocycles. The average Bonchev–Trinajstić information content (AvgIpc) is 2.49. The zero-order valence-corrected chi connectivity index (χ0v) is 13.5. The first kappa shape index (κ1) is 15.8. The minimum absolute atomic E-state index is 0.415. The molecule has 0 amide bonds. The molecule has 0 spiro atoms. The van der Waals surface area contributed by atoms with Gasteiger partial charge in [-0.1, -0.05) is 26.0 Å². The van der Waals surface area contributed by atoms with E-state index in [1.54, 1.807) is 7.11 Å². The molecule has 0 radical (unpaired) electrons. The van der Waals surface area contributed by atoms with Crippen LogP contribution in [-0.4, -0.2) is 7.11 Å². The van der Waals surface area contributed by atoms with Gasteiger partial charge in [-0.25, -0.2) is 4.98 Å². The van der Waals surface area contributed by atoms with Gasteiger partial charge in [-0.05, 0) is 37.0 Å². The van der Waals surface area contributed by atoms with Crippen LogP contribution in [0, 0.1) is 24.2 Å². The maximum Gasteiger partial charge on any atom is 0.289 e. The normalized spacial score (nSPS) is 10.5. The molecule has 1 heterocycles. The van der Waals surface area contributed by atoms with Crippen LogP contribution < -0.4 is 15.5 Å².